The normalized spacial score (nSPS) is 26.5. The minimum Gasteiger partial charge on any atom is -0.353 e. The molecule has 0 bridgehead atoms. The van der Waals surface area contributed by atoms with Gasteiger partial charge in [-0.2, -0.15) is 0 Å². The van der Waals surface area contributed by atoms with Gasteiger partial charge in [-0.1, -0.05) is 29.3 Å². The van der Waals surface area contributed by atoms with Gasteiger partial charge < -0.3 is 11.1 Å². The van der Waals surface area contributed by atoms with Gasteiger partial charge in [0.2, 0.25) is 5.91 Å². The Morgan fingerprint density at radius 3 is 2.23 bits per heavy atom. The lowest BCUT2D eigenvalue weighted by Gasteiger charge is -2.30. The van der Waals surface area contributed by atoms with Crippen molar-refractivity contribution >= 4 is 5.91 Å². The second-order valence-corrected chi connectivity index (χ2v) is 7.39. The van der Waals surface area contributed by atoms with E-state index in [-0.39, 0.29) is 11.3 Å². The fourth-order valence-corrected chi connectivity index (χ4v) is 3.89. The Morgan fingerprint density at radius 2 is 1.73 bits per heavy atom. The first-order valence-corrected chi connectivity index (χ1v) is 8.63. The van der Waals surface area contributed by atoms with Crippen LogP contribution in [0.5, 0.6) is 0 Å². The van der Waals surface area contributed by atoms with Gasteiger partial charge in [-0.25, -0.2) is 0 Å². The molecule has 0 saturated heterocycles. The number of hydrogen-bond acceptors (Lipinski definition) is 2. The van der Waals surface area contributed by atoms with Gasteiger partial charge in [0.25, 0.3) is 0 Å². The Hall–Kier alpha value is -1.35. The third-order valence-electron chi connectivity index (χ3n) is 5.47. The van der Waals surface area contributed by atoms with E-state index in [4.69, 9.17) is 5.73 Å². The lowest BCUT2D eigenvalue weighted by Crippen LogP contribution is -2.43. The van der Waals surface area contributed by atoms with E-state index in [1.807, 2.05) is 0 Å². The number of hydrogen-bond donors (Lipinski definition) is 2. The summed E-state index contributed by atoms with van der Waals surface area (Å²) in [6.07, 6.45) is 6.43. The highest BCUT2D eigenvalue weighted by Crippen LogP contribution is 2.49. The summed E-state index contributed by atoms with van der Waals surface area (Å²) in [5.74, 6) is 0.899. The van der Waals surface area contributed by atoms with Crippen molar-refractivity contribution in [1.82, 2.24) is 5.32 Å². The maximum absolute atomic E-state index is 12.8. The van der Waals surface area contributed by atoms with Crippen molar-refractivity contribution in [2.45, 2.75) is 63.8 Å². The Bertz CT molecular complexity index is 534. The molecule has 0 atom stereocenters. The van der Waals surface area contributed by atoms with E-state index in [0.717, 1.165) is 45.1 Å². The summed E-state index contributed by atoms with van der Waals surface area (Å²) < 4.78 is 0. The van der Waals surface area contributed by atoms with Crippen LogP contribution < -0.4 is 11.1 Å². The Morgan fingerprint density at radius 1 is 1.14 bits per heavy atom. The minimum absolute atomic E-state index is 0.244. The average Bonchev–Trinajstić information content (AvgIpc) is 3.29. The zero-order valence-corrected chi connectivity index (χ0v) is 13.8. The van der Waals surface area contributed by atoms with Crippen molar-refractivity contribution in [2.75, 3.05) is 6.54 Å². The molecule has 3 heteroatoms. The van der Waals surface area contributed by atoms with Crippen molar-refractivity contribution in [3.63, 3.8) is 0 Å². The maximum atomic E-state index is 12.8. The molecule has 2 saturated carbocycles. The van der Waals surface area contributed by atoms with Gasteiger partial charge in [0.1, 0.15) is 0 Å². The highest BCUT2D eigenvalue weighted by molar-refractivity contribution is 5.91. The molecule has 0 aliphatic heterocycles. The van der Waals surface area contributed by atoms with Crippen LogP contribution in [-0.2, 0) is 10.2 Å². The molecule has 2 aliphatic carbocycles. The topological polar surface area (TPSA) is 55.1 Å². The summed E-state index contributed by atoms with van der Waals surface area (Å²) in [6.45, 7) is 5.00. The first-order chi connectivity index (χ1) is 10.5. The van der Waals surface area contributed by atoms with Gasteiger partial charge in [0.05, 0.1) is 5.41 Å². The highest BCUT2D eigenvalue weighted by atomic mass is 16.2. The summed E-state index contributed by atoms with van der Waals surface area (Å²) in [6, 6.07) is 6.89. The molecule has 2 aliphatic rings. The molecule has 120 valence electrons. The van der Waals surface area contributed by atoms with Crippen LogP contribution in [0.15, 0.2) is 18.2 Å². The second-order valence-electron chi connectivity index (χ2n) is 7.39. The number of benzene rings is 1. The molecule has 3 rings (SSSR count). The summed E-state index contributed by atoms with van der Waals surface area (Å²) in [4.78, 5) is 12.8. The van der Waals surface area contributed by atoms with Crippen molar-refractivity contribution < 1.29 is 4.79 Å². The van der Waals surface area contributed by atoms with E-state index in [9.17, 15) is 4.79 Å². The Labute approximate surface area is 133 Å². The van der Waals surface area contributed by atoms with Gasteiger partial charge in [-0.3, -0.25) is 4.79 Å². The molecular weight excluding hydrogens is 272 g/mol. The van der Waals surface area contributed by atoms with E-state index in [2.05, 4.69) is 37.4 Å². The monoisotopic (exact) mass is 300 g/mol. The first-order valence-electron chi connectivity index (χ1n) is 8.63. The van der Waals surface area contributed by atoms with Crippen LogP contribution in [0.25, 0.3) is 0 Å². The number of rotatable bonds is 4. The third-order valence-corrected chi connectivity index (χ3v) is 5.47. The van der Waals surface area contributed by atoms with Gasteiger partial charge >= 0.3 is 0 Å². The van der Waals surface area contributed by atoms with Crippen LogP contribution in [-0.4, -0.2) is 18.5 Å². The summed E-state index contributed by atoms with van der Waals surface area (Å²) >= 11 is 0. The zero-order chi connectivity index (χ0) is 15.7. The van der Waals surface area contributed by atoms with Crippen molar-refractivity contribution in [3.8, 4) is 0 Å². The molecule has 1 amide bonds. The summed E-state index contributed by atoms with van der Waals surface area (Å²) in [7, 11) is 0. The van der Waals surface area contributed by atoms with Crippen molar-refractivity contribution in [2.24, 2.45) is 11.7 Å². The minimum atomic E-state index is -0.249. The molecule has 0 spiro atoms. The van der Waals surface area contributed by atoms with Crippen LogP contribution in [0.2, 0.25) is 0 Å². The van der Waals surface area contributed by atoms with Crippen LogP contribution in [0.3, 0.4) is 0 Å². The van der Waals surface area contributed by atoms with Crippen LogP contribution in [0, 0.1) is 19.8 Å². The fraction of sp³-hybridized carbons (Fsp3) is 0.632. The molecule has 0 aromatic heterocycles. The molecule has 1 aromatic carbocycles. The zero-order valence-electron chi connectivity index (χ0n) is 13.8. The number of carbonyl (C=O) groups is 1. The first kappa shape index (κ1) is 15.5. The smallest absolute Gasteiger partial charge is 0.230 e. The number of nitrogens with two attached hydrogens (primary N) is 1. The lowest BCUT2D eigenvalue weighted by molar-refractivity contribution is -0.124. The predicted octanol–water partition coefficient (Wildman–Crippen LogP) is 2.97. The number of nitrogens with one attached hydrogen (secondary N) is 1. The predicted molar refractivity (Wildman–Crippen MR) is 89.8 cm³/mol. The standard InChI is InChI=1S/C19H28N2O/c1-13-9-14(2)11-16(10-13)19(7-8-19)18(22)21-17-5-3-15(12-20)4-6-17/h9-11,15,17H,3-8,12,20H2,1-2H3,(H,21,22). The van der Waals surface area contributed by atoms with Gasteiger partial charge in [-0.15, -0.1) is 0 Å². The van der Waals surface area contributed by atoms with Crippen molar-refractivity contribution in [3.05, 3.63) is 34.9 Å². The largest absolute Gasteiger partial charge is 0.353 e. The van der Waals surface area contributed by atoms with E-state index < -0.39 is 0 Å². The average molecular weight is 300 g/mol. The van der Waals surface area contributed by atoms with Crippen molar-refractivity contribution in [1.29, 1.82) is 0 Å². The molecule has 0 radical (unpaired) electrons. The quantitative estimate of drug-likeness (QED) is 0.898. The number of aryl methyl sites for hydroxylation is 2. The van der Waals surface area contributed by atoms with Gasteiger partial charge in [-0.05, 0) is 70.4 Å². The number of amides is 1. The van der Waals surface area contributed by atoms with E-state index in [1.54, 1.807) is 0 Å². The molecule has 3 nitrogen and oxygen atoms in total. The van der Waals surface area contributed by atoms with E-state index >= 15 is 0 Å². The fourth-order valence-electron chi connectivity index (χ4n) is 3.89. The molecule has 0 unspecified atom stereocenters. The molecule has 1 aromatic rings. The van der Waals surface area contributed by atoms with Crippen LogP contribution in [0.1, 0.15) is 55.2 Å². The highest BCUT2D eigenvalue weighted by Gasteiger charge is 2.51. The van der Waals surface area contributed by atoms with Crippen LogP contribution in [0.4, 0.5) is 0 Å². The SMILES string of the molecule is Cc1cc(C)cc(C2(C(=O)NC3CCC(CN)CC3)CC2)c1. The summed E-state index contributed by atoms with van der Waals surface area (Å²) in [5, 5.41) is 3.32. The van der Waals surface area contributed by atoms with Gasteiger partial charge in [0, 0.05) is 6.04 Å². The third kappa shape index (κ3) is 3.05. The van der Waals surface area contributed by atoms with Gasteiger partial charge in [0.15, 0.2) is 0 Å². The molecule has 22 heavy (non-hydrogen) atoms. The lowest BCUT2D eigenvalue weighted by atomic mass is 9.85. The Kier molecular flexibility index (Phi) is 4.26. The maximum Gasteiger partial charge on any atom is 0.230 e. The second kappa shape index (κ2) is 6.04. The van der Waals surface area contributed by atoms with E-state index in [1.165, 1.54) is 16.7 Å². The molecular formula is C19H28N2O. The van der Waals surface area contributed by atoms with E-state index in [0.29, 0.717) is 12.0 Å². The number of carbonyl (C=O) groups excluding carboxylic acids is 1. The summed E-state index contributed by atoms with van der Waals surface area (Å²) in [5.41, 5.74) is 9.20. The van der Waals surface area contributed by atoms with Crippen LogP contribution >= 0.6 is 0 Å². The Balaban J connectivity index is 1.67. The molecule has 2 fully saturated rings. The molecule has 0 heterocycles. The molecule has 3 N–H and O–H groups in total.